The molecule has 0 aromatic heterocycles. The van der Waals surface area contributed by atoms with Crippen LogP contribution in [0, 0.1) is 0 Å². The molecule has 1 N–H and O–H groups in total. The summed E-state index contributed by atoms with van der Waals surface area (Å²) in [4.78, 5) is 15.3. The third kappa shape index (κ3) is 1.77. The van der Waals surface area contributed by atoms with Gasteiger partial charge in [0.2, 0.25) is 0 Å². The Balaban J connectivity index is 1.90. The van der Waals surface area contributed by atoms with E-state index in [0.717, 1.165) is 25.9 Å². The molecule has 1 saturated carbocycles. The quantitative estimate of drug-likeness (QED) is 0.684. The van der Waals surface area contributed by atoms with E-state index in [4.69, 9.17) is 5.11 Å². The SMILES string of the molecule is CC(O)CN1CCN(C2CC2)C1=O. The fourth-order valence-corrected chi connectivity index (χ4v) is 1.81. The molecule has 0 spiro atoms. The van der Waals surface area contributed by atoms with Crippen LogP contribution in [-0.4, -0.2) is 52.7 Å². The Morgan fingerprint density at radius 3 is 2.77 bits per heavy atom. The maximum atomic E-state index is 11.7. The van der Waals surface area contributed by atoms with E-state index in [0.29, 0.717) is 12.6 Å². The molecule has 1 aliphatic heterocycles. The molecule has 2 rings (SSSR count). The van der Waals surface area contributed by atoms with Crippen molar-refractivity contribution < 1.29 is 9.90 Å². The zero-order valence-corrected chi connectivity index (χ0v) is 7.94. The molecule has 0 aromatic rings. The van der Waals surface area contributed by atoms with Crippen molar-refractivity contribution in [2.45, 2.75) is 31.9 Å². The van der Waals surface area contributed by atoms with Crippen molar-refractivity contribution >= 4 is 6.03 Å². The van der Waals surface area contributed by atoms with Crippen molar-refractivity contribution in [2.75, 3.05) is 19.6 Å². The molecule has 1 atom stereocenters. The van der Waals surface area contributed by atoms with E-state index in [2.05, 4.69) is 0 Å². The van der Waals surface area contributed by atoms with Gasteiger partial charge in [-0.2, -0.15) is 0 Å². The minimum Gasteiger partial charge on any atom is -0.392 e. The summed E-state index contributed by atoms with van der Waals surface area (Å²) in [6, 6.07) is 0.620. The summed E-state index contributed by atoms with van der Waals surface area (Å²) in [5.74, 6) is 0. The summed E-state index contributed by atoms with van der Waals surface area (Å²) in [7, 11) is 0. The second-order valence-electron chi connectivity index (χ2n) is 4.00. The Morgan fingerprint density at radius 2 is 2.23 bits per heavy atom. The van der Waals surface area contributed by atoms with Crippen molar-refractivity contribution in [2.24, 2.45) is 0 Å². The van der Waals surface area contributed by atoms with Crippen LogP contribution in [0.25, 0.3) is 0 Å². The number of amides is 2. The zero-order chi connectivity index (χ0) is 9.42. The lowest BCUT2D eigenvalue weighted by Gasteiger charge is -2.19. The van der Waals surface area contributed by atoms with Gasteiger partial charge in [0.15, 0.2) is 0 Å². The smallest absolute Gasteiger partial charge is 0.320 e. The van der Waals surface area contributed by atoms with Gasteiger partial charge in [-0.05, 0) is 19.8 Å². The molecule has 2 amide bonds. The van der Waals surface area contributed by atoms with Crippen LogP contribution in [-0.2, 0) is 0 Å². The van der Waals surface area contributed by atoms with Crippen molar-refractivity contribution in [3.05, 3.63) is 0 Å². The lowest BCUT2D eigenvalue weighted by Crippen LogP contribution is -2.36. The van der Waals surface area contributed by atoms with Gasteiger partial charge >= 0.3 is 6.03 Å². The highest BCUT2D eigenvalue weighted by Crippen LogP contribution is 2.29. The molecule has 1 heterocycles. The van der Waals surface area contributed by atoms with Gasteiger partial charge in [0.25, 0.3) is 0 Å². The Bertz CT molecular complexity index is 214. The number of hydrogen-bond acceptors (Lipinski definition) is 2. The topological polar surface area (TPSA) is 43.8 Å². The average molecular weight is 184 g/mol. The molecule has 1 aliphatic carbocycles. The largest absolute Gasteiger partial charge is 0.392 e. The van der Waals surface area contributed by atoms with E-state index < -0.39 is 6.10 Å². The summed E-state index contributed by atoms with van der Waals surface area (Å²) in [5.41, 5.74) is 0. The first kappa shape index (κ1) is 8.81. The summed E-state index contributed by atoms with van der Waals surface area (Å²) >= 11 is 0. The Labute approximate surface area is 78.1 Å². The zero-order valence-electron chi connectivity index (χ0n) is 7.94. The van der Waals surface area contributed by atoms with Crippen LogP contribution in [0.15, 0.2) is 0 Å². The first-order valence-corrected chi connectivity index (χ1v) is 4.92. The number of rotatable bonds is 3. The van der Waals surface area contributed by atoms with E-state index in [9.17, 15) is 4.79 Å². The summed E-state index contributed by atoms with van der Waals surface area (Å²) in [6.07, 6.45) is 1.91. The van der Waals surface area contributed by atoms with Gasteiger partial charge in [-0.15, -0.1) is 0 Å². The highest BCUT2D eigenvalue weighted by Gasteiger charge is 2.38. The molecule has 0 bridgehead atoms. The molecule has 4 heteroatoms. The maximum Gasteiger partial charge on any atom is 0.320 e. The minimum absolute atomic E-state index is 0.114. The number of urea groups is 1. The summed E-state index contributed by atoms with van der Waals surface area (Å²) in [5, 5.41) is 9.16. The molecular formula is C9H16N2O2. The maximum absolute atomic E-state index is 11.7. The molecule has 0 radical (unpaired) electrons. The molecule has 2 fully saturated rings. The van der Waals surface area contributed by atoms with Crippen LogP contribution in [0.3, 0.4) is 0 Å². The van der Waals surface area contributed by atoms with Gasteiger partial charge in [0.05, 0.1) is 6.10 Å². The second kappa shape index (κ2) is 3.18. The number of carbonyl (C=O) groups excluding carboxylic acids is 1. The van der Waals surface area contributed by atoms with Gasteiger partial charge in [-0.1, -0.05) is 0 Å². The Hall–Kier alpha value is -0.770. The van der Waals surface area contributed by atoms with Crippen molar-refractivity contribution in [1.82, 2.24) is 9.80 Å². The summed E-state index contributed by atoms with van der Waals surface area (Å²) < 4.78 is 0. The minimum atomic E-state index is -0.414. The predicted octanol–water partition coefficient (Wildman–Crippen LogP) is 0.267. The number of hydrogen-bond donors (Lipinski definition) is 1. The third-order valence-corrected chi connectivity index (χ3v) is 2.60. The number of nitrogens with zero attached hydrogens (tertiary/aromatic N) is 2. The Morgan fingerprint density at radius 1 is 1.54 bits per heavy atom. The number of aliphatic hydroxyl groups excluding tert-OH is 1. The Kier molecular flexibility index (Phi) is 2.15. The molecule has 1 saturated heterocycles. The van der Waals surface area contributed by atoms with Crippen LogP contribution in [0.4, 0.5) is 4.79 Å². The van der Waals surface area contributed by atoms with E-state index in [-0.39, 0.29) is 6.03 Å². The molecule has 4 nitrogen and oxygen atoms in total. The highest BCUT2D eigenvalue weighted by molar-refractivity contribution is 5.77. The van der Waals surface area contributed by atoms with Crippen molar-refractivity contribution in [3.8, 4) is 0 Å². The standard InChI is InChI=1S/C9H16N2O2/c1-7(12)6-10-4-5-11(9(10)13)8-2-3-8/h7-8,12H,2-6H2,1H3. The van der Waals surface area contributed by atoms with Crippen LogP contribution >= 0.6 is 0 Å². The van der Waals surface area contributed by atoms with Crippen LogP contribution in [0.2, 0.25) is 0 Å². The molecule has 74 valence electrons. The molecule has 1 unspecified atom stereocenters. The van der Waals surface area contributed by atoms with E-state index in [1.54, 1.807) is 11.8 Å². The van der Waals surface area contributed by atoms with E-state index >= 15 is 0 Å². The number of aliphatic hydroxyl groups is 1. The first-order chi connectivity index (χ1) is 6.18. The van der Waals surface area contributed by atoms with Crippen LogP contribution < -0.4 is 0 Å². The van der Waals surface area contributed by atoms with E-state index in [1.807, 2.05) is 4.90 Å². The molecule has 2 aliphatic rings. The number of carbonyl (C=O) groups is 1. The van der Waals surface area contributed by atoms with Gasteiger partial charge in [0.1, 0.15) is 0 Å². The van der Waals surface area contributed by atoms with Gasteiger partial charge in [-0.25, -0.2) is 4.79 Å². The van der Waals surface area contributed by atoms with E-state index in [1.165, 1.54) is 0 Å². The lowest BCUT2D eigenvalue weighted by atomic mass is 10.4. The molecule has 13 heavy (non-hydrogen) atoms. The van der Waals surface area contributed by atoms with Crippen LogP contribution in [0.1, 0.15) is 19.8 Å². The molecule has 0 aromatic carbocycles. The fraction of sp³-hybridized carbons (Fsp3) is 0.889. The lowest BCUT2D eigenvalue weighted by molar-refractivity contribution is 0.139. The van der Waals surface area contributed by atoms with Crippen molar-refractivity contribution in [1.29, 1.82) is 0 Å². The second-order valence-corrected chi connectivity index (χ2v) is 4.00. The predicted molar refractivity (Wildman–Crippen MR) is 48.4 cm³/mol. The monoisotopic (exact) mass is 184 g/mol. The summed E-state index contributed by atoms with van der Waals surface area (Å²) in [6.45, 7) is 3.81. The van der Waals surface area contributed by atoms with Gasteiger partial charge < -0.3 is 14.9 Å². The molecular weight excluding hydrogens is 168 g/mol. The van der Waals surface area contributed by atoms with Gasteiger partial charge in [0, 0.05) is 25.7 Å². The van der Waals surface area contributed by atoms with Gasteiger partial charge in [-0.3, -0.25) is 0 Å². The van der Waals surface area contributed by atoms with Crippen molar-refractivity contribution in [3.63, 3.8) is 0 Å². The number of β-amino-alcohol motifs (C(OH)–C–C–N with tert-alkyl or cyclic N) is 1. The normalized spacial score (nSPS) is 25.5. The highest BCUT2D eigenvalue weighted by atomic mass is 16.3. The van der Waals surface area contributed by atoms with Crippen LogP contribution in [0.5, 0.6) is 0 Å². The average Bonchev–Trinajstić information content (AvgIpc) is 2.81. The third-order valence-electron chi connectivity index (χ3n) is 2.60. The fourth-order valence-electron chi connectivity index (χ4n) is 1.81. The first-order valence-electron chi connectivity index (χ1n) is 4.92.